The number of hydrogen-bond acceptors (Lipinski definition) is 3. The summed E-state index contributed by atoms with van der Waals surface area (Å²) in [5.41, 5.74) is -0.129. The minimum atomic E-state index is -4.64. The molecule has 2 rings (SSSR count). The van der Waals surface area contributed by atoms with E-state index in [0.717, 1.165) is 17.7 Å². The standard InChI is InChI=1S/C17H15Cl2F3N2O2/c1-9-5-14(15(26-2)7-12(9)19)23-8-16(25)24-13-4-3-10(18)6-11(13)17(20,21)22/h3-7,23H,8H2,1-2H3,(H,24,25). The highest BCUT2D eigenvalue weighted by Crippen LogP contribution is 2.36. The fraction of sp³-hybridized carbons (Fsp3) is 0.235. The van der Waals surface area contributed by atoms with Crippen molar-refractivity contribution in [3.8, 4) is 5.75 Å². The lowest BCUT2D eigenvalue weighted by Gasteiger charge is -2.16. The van der Waals surface area contributed by atoms with Gasteiger partial charge in [0.2, 0.25) is 5.91 Å². The van der Waals surface area contributed by atoms with E-state index >= 15 is 0 Å². The minimum Gasteiger partial charge on any atom is -0.495 e. The van der Waals surface area contributed by atoms with Crippen molar-refractivity contribution in [2.45, 2.75) is 13.1 Å². The Bertz CT molecular complexity index is 826. The van der Waals surface area contributed by atoms with Crippen molar-refractivity contribution >= 4 is 40.5 Å². The van der Waals surface area contributed by atoms with E-state index in [2.05, 4.69) is 10.6 Å². The molecule has 0 saturated heterocycles. The molecule has 4 nitrogen and oxygen atoms in total. The summed E-state index contributed by atoms with van der Waals surface area (Å²) in [6.07, 6.45) is -4.64. The van der Waals surface area contributed by atoms with E-state index < -0.39 is 17.6 Å². The number of aryl methyl sites for hydroxylation is 1. The van der Waals surface area contributed by atoms with Crippen LogP contribution in [0.15, 0.2) is 30.3 Å². The highest BCUT2D eigenvalue weighted by atomic mass is 35.5. The maximum absolute atomic E-state index is 13.1. The third-order valence-corrected chi connectivity index (χ3v) is 4.12. The first kappa shape index (κ1) is 20.2. The van der Waals surface area contributed by atoms with Gasteiger partial charge in [-0.1, -0.05) is 23.2 Å². The van der Waals surface area contributed by atoms with Crippen LogP contribution in [0.3, 0.4) is 0 Å². The van der Waals surface area contributed by atoms with Crippen molar-refractivity contribution in [1.29, 1.82) is 0 Å². The first-order valence-corrected chi connectivity index (χ1v) is 8.12. The molecule has 0 fully saturated rings. The number of alkyl halides is 3. The Morgan fingerprint density at radius 1 is 1.15 bits per heavy atom. The second-order valence-electron chi connectivity index (χ2n) is 5.39. The van der Waals surface area contributed by atoms with Crippen LogP contribution in [0, 0.1) is 6.92 Å². The normalized spacial score (nSPS) is 11.2. The molecule has 140 valence electrons. The van der Waals surface area contributed by atoms with Crippen LogP contribution in [0.5, 0.6) is 5.75 Å². The van der Waals surface area contributed by atoms with Gasteiger partial charge in [0.05, 0.1) is 30.6 Å². The number of rotatable bonds is 5. The molecule has 1 amide bonds. The van der Waals surface area contributed by atoms with Crippen molar-refractivity contribution in [3.05, 3.63) is 51.5 Å². The predicted molar refractivity (Wildman–Crippen MR) is 96.3 cm³/mol. The zero-order chi connectivity index (χ0) is 19.5. The highest BCUT2D eigenvalue weighted by molar-refractivity contribution is 6.31. The van der Waals surface area contributed by atoms with E-state index in [1.807, 2.05) is 0 Å². The molecule has 0 aliphatic heterocycles. The number of nitrogens with one attached hydrogen (secondary N) is 2. The number of benzene rings is 2. The number of halogens is 5. The molecule has 0 radical (unpaired) electrons. The Kier molecular flexibility index (Phi) is 6.26. The fourth-order valence-corrected chi connectivity index (χ4v) is 2.53. The molecule has 0 bridgehead atoms. The number of amides is 1. The Balaban J connectivity index is 2.13. The molecule has 0 aliphatic carbocycles. The molecule has 9 heteroatoms. The van der Waals surface area contributed by atoms with E-state index in [0.29, 0.717) is 16.5 Å². The third kappa shape index (κ3) is 4.95. The van der Waals surface area contributed by atoms with Gasteiger partial charge in [-0.3, -0.25) is 4.79 Å². The maximum Gasteiger partial charge on any atom is 0.418 e. The van der Waals surface area contributed by atoms with E-state index in [9.17, 15) is 18.0 Å². The number of carbonyl (C=O) groups is 1. The second kappa shape index (κ2) is 8.05. The molecule has 0 aliphatic rings. The van der Waals surface area contributed by atoms with Gasteiger partial charge in [0.1, 0.15) is 5.75 Å². The summed E-state index contributed by atoms with van der Waals surface area (Å²) in [7, 11) is 1.44. The van der Waals surface area contributed by atoms with Gasteiger partial charge in [-0.25, -0.2) is 0 Å². The van der Waals surface area contributed by atoms with Gasteiger partial charge in [0.25, 0.3) is 0 Å². The molecule has 26 heavy (non-hydrogen) atoms. The van der Waals surface area contributed by atoms with Crippen molar-refractivity contribution in [2.75, 3.05) is 24.3 Å². The first-order valence-electron chi connectivity index (χ1n) is 7.36. The summed E-state index contributed by atoms with van der Waals surface area (Å²) in [4.78, 5) is 12.1. The van der Waals surface area contributed by atoms with E-state index in [-0.39, 0.29) is 17.3 Å². The number of carbonyl (C=O) groups excluding carboxylic acids is 1. The van der Waals surface area contributed by atoms with Gasteiger partial charge < -0.3 is 15.4 Å². The smallest absolute Gasteiger partial charge is 0.418 e. The minimum absolute atomic E-state index is 0.0742. The van der Waals surface area contributed by atoms with Crippen LogP contribution in [-0.4, -0.2) is 19.6 Å². The van der Waals surface area contributed by atoms with Crippen molar-refractivity contribution in [3.63, 3.8) is 0 Å². The second-order valence-corrected chi connectivity index (χ2v) is 6.23. The summed E-state index contributed by atoms with van der Waals surface area (Å²) in [6, 6.07) is 6.40. The predicted octanol–water partition coefficient (Wildman–Crippen LogP) is 5.38. The molecule has 2 aromatic carbocycles. The van der Waals surface area contributed by atoms with Gasteiger partial charge in [-0.15, -0.1) is 0 Å². The van der Waals surface area contributed by atoms with E-state index in [1.54, 1.807) is 19.1 Å². The lowest BCUT2D eigenvalue weighted by molar-refractivity contribution is -0.137. The largest absolute Gasteiger partial charge is 0.495 e. The van der Waals surface area contributed by atoms with Crippen LogP contribution < -0.4 is 15.4 Å². The molecule has 0 spiro atoms. The van der Waals surface area contributed by atoms with E-state index in [1.165, 1.54) is 13.2 Å². The molecule has 2 aromatic rings. The van der Waals surface area contributed by atoms with Crippen LogP contribution in [-0.2, 0) is 11.0 Å². The van der Waals surface area contributed by atoms with Gasteiger partial charge >= 0.3 is 6.18 Å². The van der Waals surface area contributed by atoms with Crippen LogP contribution in [0.2, 0.25) is 10.0 Å². The Labute approximate surface area is 158 Å². The average molecular weight is 407 g/mol. The molecular weight excluding hydrogens is 392 g/mol. The first-order chi connectivity index (χ1) is 12.1. The molecule has 2 N–H and O–H groups in total. The van der Waals surface area contributed by atoms with Crippen molar-refractivity contribution in [1.82, 2.24) is 0 Å². The number of anilines is 2. The van der Waals surface area contributed by atoms with Gasteiger partial charge in [-0.05, 0) is 36.8 Å². The number of ether oxygens (including phenoxy) is 1. The zero-order valence-electron chi connectivity index (χ0n) is 13.8. The molecule has 0 saturated carbocycles. The fourth-order valence-electron chi connectivity index (χ4n) is 2.20. The summed E-state index contributed by atoms with van der Waals surface area (Å²) in [5.74, 6) is -0.247. The lowest BCUT2D eigenvalue weighted by Crippen LogP contribution is -2.23. The number of hydrogen-bond donors (Lipinski definition) is 2. The summed E-state index contributed by atoms with van der Waals surface area (Å²) in [6.45, 7) is 1.51. The Hall–Kier alpha value is -2.12. The summed E-state index contributed by atoms with van der Waals surface area (Å²) >= 11 is 11.6. The van der Waals surface area contributed by atoms with Crippen LogP contribution in [0.1, 0.15) is 11.1 Å². The molecule has 0 unspecified atom stereocenters. The van der Waals surface area contributed by atoms with Gasteiger partial charge in [0, 0.05) is 16.1 Å². The molecule has 0 aromatic heterocycles. The molecule has 0 atom stereocenters. The summed E-state index contributed by atoms with van der Waals surface area (Å²) in [5, 5.41) is 5.47. The molecule has 0 heterocycles. The van der Waals surface area contributed by atoms with Gasteiger partial charge in [0.15, 0.2) is 0 Å². The van der Waals surface area contributed by atoms with Crippen LogP contribution in [0.25, 0.3) is 0 Å². The van der Waals surface area contributed by atoms with E-state index in [4.69, 9.17) is 27.9 Å². The Morgan fingerprint density at radius 3 is 2.46 bits per heavy atom. The lowest BCUT2D eigenvalue weighted by atomic mass is 10.1. The molecular formula is C17H15Cl2F3N2O2. The third-order valence-electron chi connectivity index (χ3n) is 3.48. The van der Waals surface area contributed by atoms with Crippen molar-refractivity contribution in [2.24, 2.45) is 0 Å². The monoisotopic (exact) mass is 406 g/mol. The zero-order valence-corrected chi connectivity index (χ0v) is 15.3. The quantitative estimate of drug-likeness (QED) is 0.700. The summed E-state index contributed by atoms with van der Waals surface area (Å²) < 4.78 is 44.3. The van der Waals surface area contributed by atoms with Crippen molar-refractivity contribution < 1.29 is 22.7 Å². The Morgan fingerprint density at radius 2 is 1.85 bits per heavy atom. The van der Waals surface area contributed by atoms with Crippen LogP contribution >= 0.6 is 23.2 Å². The topological polar surface area (TPSA) is 50.4 Å². The van der Waals surface area contributed by atoms with Gasteiger partial charge in [-0.2, -0.15) is 13.2 Å². The SMILES string of the molecule is COc1cc(Cl)c(C)cc1NCC(=O)Nc1ccc(Cl)cc1C(F)(F)F. The maximum atomic E-state index is 13.1. The highest BCUT2D eigenvalue weighted by Gasteiger charge is 2.34. The van der Waals surface area contributed by atoms with Crippen LogP contribution in [0.4, 0.5) is 24.5 Å². The average Bonchev–Trinajstić information content (AvgIpc) is 2.56. The number of methoxy groups -OCH3 is 1.